The Bertz CT molecular complexity index is 1180. The van der Waals surface area contributed by atoms with Crippen LogP contribution in [0.4, 0.5) is 4.39 Å². The normalized spacial score (nSPS) is 13.2. The molecule has 0 radical (unpaired) electrons. The predicted molar refractivity (Wildman–Crippen MR) is 107 cm³/mol. The van der Waals surface area contributed by atoms with Gasteiger partial charge in [-0.1, -0.05) is 23.8 Å². The Balaban J connectivity index is 1.95. The van der Waals surface area contributed by atoms with Crippen molar-refractivity contribution < 1.29 is 21.2 Å². The van der Waals surface area contributed by atoms with Crippen LogP contribution < -0.4 is 4.72 Å². The van der Waals surface area contributed by atoms with Gasteiger partial charge in [-0.3, -0.25) is 4.98 Å². The molecule has 1 N–H and O–H groups in total. The molecule has 0 aliphatic rings. The number of aryl methyl sites for hydroxylation is 1. The fraction of sp³-hybridized carbons (Fsp3) is 0.150. The number of pyridine rings is 1. The lowest BCUT2D eigenvalue weighted by Crippen LogP contribution is -2.32. The van der Waals surface area contributed by atoms with E-state index in [1.54, 1.807) is 24.3 Å². The second kappa shape index (κ2) is 8.40. The van der Waals surface area contributed by atoms with Crippen LogP contribution in [0.1, 0.15) is 16.4 Å². The zero-order chi connectivity index (χ0) is 21.1. The first-order valence-electron chi connectivity index (χ1n) is 8.66. The lowest BCUT2D eigenvalue weighted by Gasteiger charge is -2.19. The van der Waals surface area contributed by atoms with Gasteiger partial charge in [-0.05, 0) is 55.0 Å². The summed E-state index contributed by atoms with van der Waals surface area (Å²) in [5.74, 6) is -0.570. The Morgan fingerprint density at radius 3 is 2.14 bits per heavy atom. The van der Waals surface area contributed by atoms with Gasteiger partial charge < -0.3 is 0 Å². The molecule has 6 nitrogen and oxygen atoms in total. The van der Waals surface area contributed by atoms with Gasteiger partial charge in [0.25, 0.3) is 0 Å². The molecule has 0 bridgehead atoms. The molecule has 0 aliphatic heterocycles. The topological polar surface area (TPSA) is 93.2 Å². The summed E-state index contributed by atoms with van der Waals surface area (Å²) in [5.41, 5.74) is 1.26. The lowest BCUT2D eigenvalue weighted by molar-refractivity contribution is 0.568. The molecule has 0 saturated carbocycles. The van der Waals surface area contributed by atoms with Crippen molar-refractivity contribution in [2.75, 3.05) is 6.54 Å². The van der Waals surface area contributed by atoms with Crippen molar-refractivity contribution >= 4 is 19.9 Å². The zero-order valence-corrected chi connectivity index (χ0v) is 17.1. The second-order valence-corrected chi connectivity index (χ2v) is 10.3. The highest BCUT2D eigenvalue weighted by atomic mass is 32.2. The maximum atomic E-state index is 13.2. The standard InChI is InChI=1S/C20H19FN2O4S2/c1-15-4-8-18(9-5-15)28(24,25)20(16-3-2-12-22-13-16)14-23-29(26,27)19-10-6-17(21)7-11-19/h2-13,20,23H,14H2,1H3/t20-/m0/s1. The maximum Gasteiger partial charge on any atom is 0.240 e. The van der Waals surface area contributed by atoms with Crippen molar-refractivity contribution in [3.63, 3.8) is 0 Å². The molecule has 9 heteroatoms. The van der Waals surface area contributed by atoms with Gasteiger partial charge in [0.15, 0.2) is 9.84 Å². The predicted octanol–water partition coefficient (Wildman–Crippen LogP) is 3.02. The molecule has 0 saturated heterocycles. The van der Waals surface area contributed by atoms with Crippen LogP contribution in [-0.2, 0) is 19.9 Å². The van der Waals surface area contributed by atoms with E-state index in [0.29, 0.717) is 5.56 Å². The molecule has 0 spiro atoms. The molecule has 0 unspecified atom stereocenters. The Labute approximate surface area is 169 Å². The van der Waals surface area contributed by atoms with Crippen molar-refractivity contribution in [1.82, 2.24) is 9.71 Å². The molecular weight excluding hydrogens is 415 g/mol. The maximum absolute atomic E-state index is 13.2. The Morgan fingerprint density at radius 2 is 1.55 bits per heavy atom. The minimum atomic E-state index is -4.03. The number of aromatic nitrogens is 1. The van der Waals surface area contributed by atoms with Gasteiger partial charge in [-0.15, -0.1) is 0 Å². The van der Waals surface area contributed by atoms with Crippen LogP contribution in [0.2, 0.25) is 0 Å². The first kappa shape index (κ1) is 21.1. The average molecular weight is 435 g/mol. The quantitative estimate of drug-likeness (QED) is 0.617. The number of sulfone groups is 1. The van der Waals surface area contributed by atoms with Crippen molar-refractivity contribution in [3.8, 4) is 0 Å². The van der Waals surface area contributed by atoms with Crippen LogP contribution in [0, 0.1) is 12.7 Å². The van der Waals surface area contributed by atoms with E-state index in [0.717, 1.165) is 29.8 Å². The largest absolute Gasteiger partial charge is 0.264 e. The second-order valence-electron chi connectivity index (χ2n) is 6.44. The molecule has 3 aromatic rings. The average Bonchev–Trinajstić information content (AvgIpc) is 2.69. The molecule has 1 atom stereocenters. The van der Waals surface area contributed by atoms with Gasteiger partial charge in [0, 0.05) is 18.9 Å². The van der Waals surface area contributed by atoms with E-state index in [1.807, 2.05) is 6.92 Å². The van der Waals surface area contributed by atoms with Gasteiger partial charge in [0.2, 0.25) is 10.0 Å². The molecule has 152 valence electrons. The van der Waals surface area contributed by atoms with Gasteiger partial charge >= 0.3 is 0 Å². The van der Waals surface area contributed by atoms with Crippen LogP contribution in [0.5, 0.6) is 0 Å². The third kappa shape index (κ3) is 4.87. The first-order chi connectivity index (χ1) is 13.7. The highest BCUT2D eigenvalue weighted by molar-refractivity contribution is 7.92. The first-order valence-corrected chi connectivity index (χ1v) is 11.7. The minimum Gasteiger partial charge on any atom is -0.264 e. The number of halogens is 1. The van der Waals surface area contributed by atoms with Gasteiger partial charge in [0.05, 0.1) is 9.79 Å². The van der Waals surface area contributed by atoms with Gasteiger partial charge in [0.1, 0.15) is 11.1 Å². The van der Waals surface area contributed by atoms with Crippen molar-refractivity contribution in [1.29, 1.82) is 0 Å². The lowest BCUT2D eigenvalue weighted by atomic mass is 10.2. The van der Waals surface area contributed by atoms with Crippen LogP contribution >= 0.6 is 0 Å². The van der Waals surface area contributed by atoms with E-state index >= 15 is 0 Å². The number of rotatable bonds is 7. The van der Waals surface area contributed by atoms with Crippen LogP contribution in [-0.4, -0.2) is 28.4 Å². The monoisotopic (exact) mass is 434 g/mol. The van der Waals surface area contributed by atoms with Crippen molar-refractivity contribution in [2.45, 2.75) is 22.0 Å². The van der Waals surface area contributed by atoms with E-state index in [4.69, 9.17) is 0 Å². The summed E-state index contributed by atoms with van der Waals surface area (Å²) in [5, 5.41) is -1.19. The van der Waals surface area contributed by atoms with Crippen molar-refractivity contribution in [3.05, 3.63) is 90.0 Å². The summed E-state index contributed by atoms with van der Waals surface area (Å²) < 4.78 is 67.0. The van der Waals surface area contributed by atoms with E-state index < -0.39 is 37.5 Å². The molecule has 1 heterocycles. The molecule has 2 aromatic carbocycles. The minimum absolute atomic E-state index is 0.0814. The Hall–Kier alpha value is -2.62. The summed E-state index contributed by atoms with van der Waals surface area (Å²) in [6, 6.07) is 13.8. The SMILES string of the molecule is Cc1ccc(S(=O)(=O)[C@@H](CNS(=O)(=O)c2ccc(F)cc2)c2cccnc2)cc1. The molecule has 0 aliphatic carbocycles. The van der Waals surface area contributed by atoms with E-state index in [9.17, 15) is 21.2 Å². The van der Waals surface area contributed by atoms with Gasteiger partial charge in [-0.25, -0.2) is 25.9 Å². The molecule has 0 fully saturated rings. The fourth-order valence-corrected chi connectivity index (χ4v) is 5.54. The van der Waals surface area contributed by atoms with E-state index in [-0.39, 0.29) is 9.79 Å². The number of benzene rings is 2. The molecule has 0 amide bonds. The fourth-order valence-electron chi connectivity index (χ4n) is 2.75. The van der Waals surface area contributed by atoms with E-state index in [2.05, 4.69) is 9.71 Å². The van der Waals surface area contributed by atoms with Crippen LogP contribution in [0.15, 0.2) is 82.8 Å². The van der Waals surface area contributed by atoms with Crippen molar-refractivity contribution in [2.24, 2.45) is 0 Å². The smallest absolute Gasteiger partial charge is 0.240 e. The van der Waals surface area contributed by atoms with Gasteiger partial charge in [-0.2, -0.15) is 0 Å². The summed E-state index contributed by atoms with van der Waals surface area (Å²) in [6.07, 6.45) is 2.89. The van der Waals surface area contributed by atoms with Crippen LogP contribution in [0.25, 0.3) is 0 Å². The number of nitrogens with zero attached hydrogens (tertiary/aromatic N) is 1. The highest BCUT2D eigenvalue weighted by Crippen LogP contribution is 2.28. The molecule has 1 aromatic heterocycles. The van der Waals surface area contributed by atoms with Crippen LogP contribution in [0.3, 0.4) is 0 Å². The number of sulfonamides is 1. The molecule has 29 heavy (non-hydrogen) atoms. The Morgan fingerprint density at radius 1 is 0.931 bits per heavy atom. The summed E-state index contributed by atoms with van der Waals surface area (Å²) in [7, 11) is -7.94. The Kier molecular flexibility index (Phi) is 6.11. The molecular formula is C20H19FN2O4S2. The number of hydrogen-bond acceptors (Lipinski definition) is 5. The van der Waals surface area contributed by atoms with E-state index in [1.165, 1.54) is 24.5 Å². The summed E-state index contributed by atoms with van der Waals surface area (Å²) in [6.45, 7) is 1.44. The zero-order valence-electron chi connectivity index (χ0n) is 15.5. The highest BCUT2D eigenvalue weighted by Gasteiger charge is 2.31. The molecule has 3 rings (SSSR count). The third-order valence-electron chi connectivity index (χ3n) is 4.36. The summed E-state index contributed by atoms with van der Waals surface area (Å²) in [4.78, 5) is 3.88. The summed E-state index contributed by atoms with van der Waals surface area (Å²) >= 11 is 0. The number of nitrogens with one attached hydrogen (secondary N) is 1. The third-order valence-corrected chi connectivity index (χ3v) is 7.92. The number of hydrogen-bond donors (Lipinski definition) is 1.